The van der Waals surface area contributed by atoms with Crippen LogP contribution in [-0.2, 0) is 9.53 Å². The van der Waals surface area contributed by atoms with Gasteiger partial charge >= 0.3 is 0 Å². The number of aliphatic hydroxyl groups is 1. The molecule has 0 saturated carbocycles. The first-order chi connectivity index (χ1) is 8.22. The van der Waals surface area contributed by atoms with Crippen molar-refractivity contribution in [3.05, 3.63) is 11.3 Å². The van der Waals surface area contributed by atoms with Gasteiger partial charge in [-0.25, -0.2) is 0 Å². The molecular weight excluding hydrogens is 218 g/mol. The van der Waals surface area contributed by atoms with Crippen molar-refractivity contribution in [2.75, 3.05) is 26.3 Å². The third kappa shape index (κ3) is 2.80. The van der Waals surface area contributed by atoms with Crippen molar-refractivity contribution in [2.24, 2.45) is 5.92 Å². The normalized spacial score (nSPS) is 22.6. The second-order valence-corrected chi connectivity index (χ2v) is 4.90. The van der Waals surface area contributed by atoms with E-state index in [2.05, 4.69) is 0 Å². The number of allylic oxidation sites excluding steroid dienone is 1. The SMILES string of the molecule is CC1=C(C(=O)N2CCC(CO)CC2)CCCO1. The maximum Gasteiger partial charge on any atom is 0.253 e. The van der Waals surface area contributed by atoms with Gasteiger partial charge in [-0.1, -0.05) is 0 Å². The number of likely N-dealkylation sites (tertiary alicyclic amines) is 1. The first kappa shape index (κ1) is 12.4. The van der Waals surface area contributed by atoms with Crippen LogP contribution in [-0.4, -0.2) is 42.2 Å². The molecule has 0 spiro atoms. The van der Waals surface area contributed by atoms with Gasteiger partial charge in [-0.3, -0.25) is 4.79 Å². The lowest BCUT2D eigenvalue weighted by atomic mass is 9.96. The van der Waals surface area contributed by atoms with Crippen LogP contribution in [0.25, 0.3) is 0 Å². The quantitative estimate of drug-likeness (QED) is 0.790. The van der Waals surface area contributed by atoms with Crippen LogP contribution in [0, 0.1) is 5.92 Å². The van der Waals surface area contributed by atoms with Crippen molar-refractivity contribution < 1.29 is 14.6 Å². The number of nitrogens with zero attached hydrogens (tertiary/aromatic N) is 1. The van der Waals surface area contributed by atoms with Gasteiger partial charge in [0.25, 0.3) is 5.91 Å². The van der Waals surface area contributed by atoms with E-state index in [4.69, 9.17) is 9.84 Å². The van der Waals surface area contributed by atoms with Crippen LogP contribution in [0.2, 0.25) is 0 Å². The maximum atomic E-state index is 12.3. The Morgan fingerprint density at radius 3 is 2.76 bits per heavy atom. The van der Waals surface area contributed by atoms with Gasteiger partial charge in [-0.15, -0.1) is 0 Å². The number of hydrogen-bond donors (Lipinski definition) is 1. The van der Waals surface area contributed by atoms with E-state index in [0.717, 1.165) is 56.7 Å². The number of carbonyl (C=O) groups is 1. The maximum absolute atomic E-state index is 12.3. The van der Waals surface area contributed by atoms with E-state index >= 15 is 0 Å². The zero-order valence-electron chi connectivity index (χ0n) is 10.4. The van der Waals surface area contributed by atoms with Gasteiger partial charge in [0.2, 0.25) is 0 Å². The molecule has 1 fully saturated rings. The van der Waals surface area contributed by atoms with Crippen molar-refractivity contribution >= 4 is 5.91 Å². The monoisotopic (exact) mass is 239 g/mol. The van der Waals surface area contributed by atoms with Gasteiger partial charge in [-0.05, 0) is 38.5 Å². The first-order valence-electron chi connectivity index (χ1n) is 6.45. The lowest BCUT2D eigenvalue weighted by Gasteiger charge is -2.32. The average molecular weight is 239 g/mol. The molecule has 0 atom stereocenters. The molecule has 2 heterocycles. The minimum absolute atomic E-state index is 0.138. The molecule has 4 heteroatoms. The summed E-state index contributed by atoms with van der Waals surface area (Å²) < 4.78 is 5.44. The number of ether oxygens (including phenoxy) is 1. The summed E-state index contributed by atoms with van der Waals surface area (Å²) in [6, 6.07) is 0. The molecule has 2 aliphatic rings. The minimum atomic E-state index is 0.138. The van der Waals surface area contributed by atoms with Crippen LogP contribution in [0.15, 0.2) is 11.3 Å². The molecule has 0 bridgehead atoms. The van der Waals surface area contributed by atoms with Crippen LogP contribution < -0.4 is 0 Å². The molecule has 0 unspecified atom stereocenters. The lowest BCUT2D eigenvalue weighted by Crippen LogP contribution is -2.40. The highest BCUT2D eigenvalue weighted by molar-refractivity contribution is 5.94. The topological polar surface area (TPSA) is 49.8 Å². The zero-order chi connectivity index (χ0) is 12.3. The Bertz CT molecular complexity index is 317. The summed E-state index contributed by atoms with van der Waals surface area (Å²) in [5.74, 6) is 1.31. The first-order valence-corrected chi connectivity index (χ1v) is 6.45. The fourth-order valence-electron chi connectivity index (χ4n) is 2.50. The van der Waals surface area contributed by atoms with Gasteiger partial charge in [0, 0.05) is 19.7 Å². The molecule has 0 radical (unpaired) electrons. The van der Waals surface area contributed by atoms with Crippen LogP contribution in [0.1, 0.15) is 32.6 Å². The summed E-state index contributed by atoms with van der Waals surface area (Å²) in [5.41, 5.74) is 0.846. The van der Waals surface area contributed by atoms with E-state index in [1.165, 1.54) is 0 Å². The van der Waals surface area contributed by atoms with Crippen LogP contribution in [0.3, 0.4) is 0 Å². The molecule has 0 aliphatic carbocycles. The molecule has 1 amide bonds. The molecule has 2 aliphatic heterocycles. The fraction of sp³-hybridized carbons (Fsp3) is 0.769. The molecule has 96 valence electrons. The fourth-order valence-corrected chi connectivity index (χ4v) is 2.50. The molecule has 2 rings (SSSR count). The smallest absolute Gasteiger partial charge is 0.253 e. The standard InChI is InChI=1S/C13H21NO3/c1-10-12(3-2-8-17-10)13(16)14-6-4-11(9-15)5-7-14/h11,15H,2-9H2,1H3. The predicted octanol–water partition coefficient (Wildman–Crippen LogP) is 1.30. The summed E-state index contributed by atoms with van der Waals surface area (Å²) in [6.45, 7) is 4.39. The highest BCUT2D eigenvalue weighted by Crippen LogP contribution is 2.24. The molecule has 4 nitrogen and oxygen atoms in total. The van der Waals surface area contributed by atoms with Crippen LogP contribution >= 0.6 is 0 Å². The number of rotatable bonds is 2. The molecule has 0 aromatic rings. The van der Waals surface area contributed by atoms with Crippen molar-refractivity contribution in [1.29, 1.82) is 0 Å². The van der Waals surface area contributed by atoms with Crippen molar-refractivity contribution in [3.63, 3.8) is 0 Å². The molecule has 0 aromatic carbocycles. The molecule has 1 N–H and O–H groups in total. The zero-order valence-corrected chi connectivity index (χ0v) is 10.4. The highest BCUT2D eigenvalue weighted by Gasteiger charge is 2.26. The Labute approximate surface area is 102 Å². The molecule has 17 heavy (non-hydrogen) atoms. The van der Waals surface area contributed by atoms with Crippen molar-refractivity contribution in [3.8, 4) is 0 Å². The van der Waals surface area contributed by atoms with Gasteiger partial charge < -0.3 is 14.7 Å². The van der Waals surface area contributed by atoms with Crippen LogP contribution in [0.5, 0.6) is 0 Å². The van der Waals surface area contributed by atoms with Crippen molar-refractivity contribution in [2.45, 2.75) is 32.6 Å². The Kier molecular flexibility index (Phi) is 4.05. The summed E-state index contributed by atoms with van der Waals surface area (Å²) in [4.78, 5) is 14.2. The van der Waals surface area contributed by atoms with Gasteiger partial charge in [-0.2, -0.15) is 0 Å². The Morgan fingerprint density at radius 1 is 1.47 bits per heavy atom. The van der Waals surface area contributed by atoms with Crippen molar-refractivity contribution in [1.82, 2.24) is 4.90 Å². The van der Waals surface area contributed by atoms with Gasteiger partial charge in [0.05, 0.1) is 12.2 Å². The van der Waals surface area contributed by atoms with Crippen LogP contribution in [0.4, 0.5) is 0 Å². The Hall–Kier alpha value is -1.03. The molecular formula is C13H21NO3. The predicted molar refractivity (Wildman–Crippen MR) is 64.3 cm³/mol. The highest BCUT2D eigenvalue weighted by atomic mass is 16.5. The third-order valence-corrected chi connectivity index (χ3v) is 3.73. The lowest BCUT2D eigenvalue weighted by molar-refractivity contribution is -0.129. The number of hydrogen-bond acceptors (Lipinski definition) is 3. The average Bonchev–Trinajstić information content (AvgIpc) is 2.39. The summed E-state index contributed by atoms with van der Waals surface area (Å²) in [7, 11) is 0. The van der Waals surface area contributed by atoms with E-state index in [1.807, 2.05) is 11.8 Å². The minimum Gasteiger partial charge on any atom is -0.498 e. The third-order valence-electron chi connectivity index (χ3n) is 3.73. The number of amides is 1. The van der Waals surface area contributed by atoms with E-state index < -0.39 is 0 Å². The summed E-state index contributed by atoms with van der Waals surface area (Å²) >= 11 is 0. The van der Waals surface area contributed by atoms with Gasteiger partial charge in [0.15, 0.2) is 0 Å². The Balaban J connectivity index is 1.97. The number of carbonyl (C=O) groups excluding carboxylic acids is 1. The van der Waals surface area contributed by atoms with E-state index in [0.29, 0.717) is 5.92 Å². The second kappa shape index (κ2) is 5.54. The Morgan fingerprint density at radius 2 is 2.18 bits per heavy atom. The summed E-state index contributed by atoms with van der Waals surface area (Å²) in [6.07, 6.45) is 3.60. The summed E-state index contributed by atoms with van der Waals surface area (Å²) in [5, 5.41) is 9.07. The van der Waals surface area contributed by atoms with Gasteiger partial charge in [0.1, 0.15) is 5.76 Å². The van der Waals surface area contributed by atoms with E-state index in [9.17, 15) is 4.79 Å². The molecule has 0 aromatic heterocycles. The van der Waals surface area contributed by atoms with E-state index in [1.54, 1.807) is 0 Å². The number of aliphatic hydroxyl groups excluding tert-OH is 1. The molecule has 1 saturated heterocycles. The number of piperidine rings is 1. The second-order valence-electron chi connectivity index (χ2n) is 4.90. The largest absolute Gasteiger partial charge is 0.498 e. The van der Waals surface area contributed by atoms with E-state index in [-0.39, 0.29) is 12.5 Å².